The second-order valence-corrected chi connectivity index (χ2v) is 12.1. The molecule has 0 spiro atoms. The van der Waals surface area contributed by atoms with E-state index in [1.54, 1.807) is 0 Å². The first-order valence-corrected chi connectivity index (χ1v) is 8.82. The quantitative estimate of drug-likeness (QED) is 0.461. The molecule has 13 heavy (non-hydrogen) atoms. The average molecular weight is 237 g/mol. The summed E-state index contributed by atoms with van der Waals surface area (Å²) in [5, 5.41) is 1.28. The molecule has 0 N–H and O–H groups in total. The lowest BCUT2D eigenvalue weighted by molar-refractivity contribution is 0.373. The minimum absolute atomic E-state index is 0.328. The molecule has 1 rings (SSSR count). The average Bonchev–Trinajstić information content (AvgIpc) is 1.96. The normalized spacial score (nSPS) is 27.5. The monoisotopic (exact) mass is 236 g/mol. The maximum absolute atomic E-state index is 6.37. The van der Waals surface area contributed by atoms with Gasteiger partial charge in [0.05, 0.1) is 0 Å². The van der Waals surface area contributed by atoms with E-state index in [4.69, 9.17) is 22.2 Å². The van der Waals surface area contributed by atoms with Gasteiger partial charge in [-0.2, -0.15) is 0 Å². The number of rotatable bonds is 1. The van der Waals surface area contributed by atoms with Crippen molar-refractivity contribution in [3.05, 3.63) is 10.8 Å². The van der Waals surface area contributed by atoms with Crippen molar-refractivity contribution < 1.29 is 0 Å². The van der Waals surface area contributed by atoms with Gasteiger partial charge in [-0.1, -0.05) is 31.5 Å². The Balaban J connectivity index is 2.77. The molecule has 1 unspecified atom stereocenters. The van der Waals surface area contributed by atoms with Crippen molar-refractivity contribution in [3.63, 3.8) is 0 Å². The van der Waals surface area contributed by atoms with Crippen molar-refractivity contribution in [2.45, 2.75) is 46.6 Å². The molecule has 1 atom stereocenters. The number of hydrogen-bond donors (Lipinski definition) is 0. The van der Waals surface area contributed by atoms with Crippen molar-refractivity contribution in [3.8, 4) is 0 Å². The Morgan fingerprint density at radius 3 is 2.00 bits per heavy atom. The Hall–Kier alpha value is 0.537. The van der Waals surface area contributed by atoms with Gasteiger partial charge in [0.1, 0.15) is 0 Å². The molecule has 0 aromatic heterocycles. The minimum atomic E-state index is -2.03. The molecule has 0 aromatic carbocycles. The van der Waals surface area contributed by atoms with E-state index in [-0.39, 0.29) is 0 Å². The molecule has 0 radical (unpaired) electrons. The first kappa shape index (κ1) is 11.6. The fraction of sp³-hybridized carbons (Fsp3) is 0.800. The van der Waals surface area contributed by atoms with E-state index in [9.17, 15) is 0 Å². The number of hydrogen-bond acceptors (Lipinski definition) is 0. The van der Waals surface area contributed by atoms with Crippen LogP contribution in [0.4, 0.5) is 0 Å². The van der Waals surface area contributed by atoms with E-state index in [2.05, 4.69) is 34.6 Å². The van der Waals surface area contributed by atoms with Crippen LogP contribution in [0.2, 0.25) is 5.54 Å². The van der Waals surface area contributed by atoms with Gasteiger partial charge in [0.25, 0.3) is 6.69 Å². The molecule has 1 heterocycles. The van der Waals surface area contributed by atoms with E-state index < -0.39 is 6.69 Å². The Labute approximate surface area is 91.7 Å². The van der Waals surface area contributed by atoms with Gasteiger partial charge in [0, 0.05) is 5.54 Å². The highest BCUT2D eigenvalue weighted by Gasteiger charge is 2.51. The molecule has 0 saturated heterocycles. The van der Waals surface area contributed by atoms with Crippen LogP contribution >= 0.6 is 22.2 Å². The number of halogens is 2. The second-order valence-electron chi connectivity index (χ2n) is 5.25. The summed E-state index contributed by atoms with van der Waals surface area (Å²) < 4.78 is 0. The Morgan fingerprint density at radius 1 is 1.23 bits per heavy atom. The van der Waals surface area contributed by atoms with Crippen LogP contribution in [0.25, 0.3) is 0 Å². The van der Waals surface area contributed by atoms with Crippen molar-refractivity contribution in [2.75, 3.05) is 0 Å². The van der Waals surface area contributed by atoms with Crippen LogP contribution in [0.1, 0.15) is 41.0 Å². The third kappa shape index (κ3) is 2.13. The lowest BCUT2D eigenvalue weighted by atomic mass is 9.88. The lowest BCUT2D eigenvalue weighted by Gasteiger charge is -2.43. The molecular formula is C10H18Cl2Si. The van der Waals surface area contributed by atoms with Crippen molar-refractivity contribution in [1.29, 1.82) is 0 Å². The minimum Gasteiger partial charge on any atom is -0.139 e. The summed E-state index contributed by atoms with van der Waals surface area (Å²) in [5.41, 5.74) is 2.25. The fourth-order valence-electron chi connectivity index (χ4n) is 1.87. The van der Waals surface area contributed by atoms with Crippen LogP contribution in [0.5, 0.6) is 0 Å². The van der Waals surface area contributed by atoms with E-state index in [0.29, 0.717) is 11.0 Å². The summed E-state index contributed by atoms with van der Waals surface area (Å²) in [6, 6.07) is 0. The molecule has 76 valence electrons. The summed E-state index contributed by atoms with van der Waals surface area (Å²) in [7, 11) is 0. The van der Waals surface area contributed by atoms with Gasteiger partial charge in [0.15, 0.2) is 0 Å². The predicted molar refractivity (Wildman–Crippen MR) is 63.7 cm³/mol. The summed E-state index contributed by atoms with van der Waals surface area (Å²) in [5.74, 6) is 0. The third-order valence-electron chi connectivity index (χ3n) is 2.87. The van der Waals surface area contributed by atoms with Crippen LogP contribution < -0.4 is 0 Å². The van der Waals surface area contributed by atoms with Crippen LogP contribution in [0, 0.1) is 5.41 Å². The second kappa shape index (κ2) is 3.29. The van der Waals surface area contributed by atoms with E-state index in [0.717, 1.165) is 6.42 Å². The van der Waals surface area contributed by atoms with Crippen LogP contribution in [-0.4, -0.2) is 6.69 Å². The number of allylic oxidation sites excluding steroid dienone is 2. The lowest BCUT2D eigenvalue weighted by Crippen LogP contribution is -2.41. The van der Waals surface area contributed by atoms with Crippen molar-refractivity contribution in [2.24, 2.45) is 5.41 Å². The highest BCUT2D eigenvalue weighted by Crippen LogP contribution is 2.56. The largest absolute Gasteiger partial charge is 0.283 e. The Morgan fingerprint density at radius 2 is 1.69 bits per heavy atom. The zero-order valence-electron chi connectivity index (χ0n) is 9.04. The standard InChI is InChI=1S/C10H18Cl2Si/c1-7-8(2)13(11,12)9(7)6-10(3,4)5/h9H,6H2,1-5H3. The molecule has 0 nitrogen and oxygen atoms in total. The molecule has 0 amide bonds. The smallest absolute Gasteiger partial charge is 0.139 e. The predicted octanol–water partition coefficient (Wildman–Crippen LogP) is 4.60. The van der Waals surface area contributed by atoms with Gasteiger partial charge in [-0.25, -0.2) is 0 Å². The molecular weight excluding hydrogens is 219 g/mol. The SMILES string of the molecule is CC1=C(C)[Si](Cl)(Cl)C1CC(C)(C)C. The van der Waals surface area contributed by atoms with E-state index in [1.807, 2.05) is 0 Å². The van der Waals surface area contributed by atoms with Crippen molar-refractivity contribution >= 4 is 28.9 Å². The van der Waals surface area contributed by atoms with E-state index in [1.165, 1.54) is 10.8 Å². The molecule has 0 saturated carbocycles. The summed E-state index contributed by atoms with van der Waals surface area (Å²) in [6.45, 7) is 8.95. The molecule has 0 aliphatic carbocycles. The summed E-state index contributed by atoms with van der Waals surface area (Å²) in [4.78, 5) is 0. The highest BCUT2D eigenvalue weighted by atomic mass is 35.7. The van der Waals surface area contributed by atoms with Crippen LogP contribution in [-0.2, 0) is 0 Å². The zero-order chi connectivity index (χ0) is 10.4. The van der Waals surface area contributed by atoms with Gasteiger partial charge < -0.3 is 0 Å². The molecule has 0 aromatic rings. The molecule has 1 aliphatic heterocycles. The van der Waals surface area contributed by atoms with Crippen LogP contribution in [0.15, 0.2) is 10.8 Å². The topological polar surface area (TPSA) is 0 Å². The van der Waals surface area contributed by atoms with Gasteiger partial charge in [0.2, 0.25) is 0 Å². The van der Waals surface area contributed by atoms with Crippen LogP contribution in [0.3, 0.4) is 0 Å². The molecule has 1 aliphatic rings. The summed E-state index contributed by atoms with van der Waals surface area (Å²) in [6.07, 6.45) is 1.12. The maximum Gasteiger partial charge on any atom is 0.283 e. The molecule has 0 bridgehead atoms. The highest BCUT2D eigenvalue weighted by molar-refractivity contribution is 7.50. The fourth-order valence-corrected chi connectivity index (χ4v) is 6.84. The van der Waals surface area contributed by atoms with Gasteiger partial charge in [-0.3, -0.25) is 0 Å². The Bertz CT molecular complexity index is 248. The van der Waals surface area contributed by atoms with E-state index >= 15 is 0 Å². The molecule has 0 fully saturated rings. The first-order chi connectivity index (χ1) is 5.66. The van der Waals surface area contributed by atoms with Gasteiger partial charge in [-0.05, 0) is 25.7 Å². The maximum atomic E-state index is 6.37. The first-order valence-electron chi connectivity index (χ1n) is 4.72. The molecule has 3 heteroatoms. The summed E-state index contributed by atoms with van der Waals surface area (Å²) >= 11 is 12.7. The van der Waals surface area contributed by atoms with Gasteiger partial charge >= 0.3 is 0 Å². The Kier molecular flexibility index (Phi) is 2.93. The van der Waals surface area contributed by atoms with Gasteiger partial charge in [-0.15, -0.1) is 22.2 Å². The zero-order valence-corrected chi connectivity index (χ0v) is 11.6. The third-order valence-corrected chi connectivity index (χ3v) is 9.06. The van der Waals surface area contributed by atoms with Crippen molar-refractivity contribution in [1.82, 2.24) is 0 Å².